The first-order valence-electron chi connectivity index (χ1n) is 19.1. The first-order valence-corrected chi connectivity index (χ1v) is 19.9. The fourth-order valence-corrected chi connectivity index (χ4v) is 10.4. The van der Waals surface area contributed by atoms with E-state index in [-0.39, 0.29) is 0 Å². The van der Waals surface area contributed by atoms with E-state index in [1.807, 2.05) is 11.3 Å². The van der Waals surface area contributed by atoms with Crippen LogP contribution in [0.3, 0.4) is 0 Å². The van der Waals surface area contributed by atoms with Crippen LogP contribution in [0.25, 0.3) is 114 Å². The van der Waals surface area contributed by atoms with E-state index in [9.17, 15) is 0 Å². The van der Waals surface area contributed by atoms with Crippen LogP contribution in [0.2, 0.25) is 0 Å². The highest BCUT2D eigenvalue weighted by atomic mass is 32.1. The van der Waals surface area contributed by atoms with E-state index in [0.29, 0.717) is 0 Å². The number of pyridine rings is 1. The van der Waals surface area contributed by atoms with Crippen molar-refractivity contribution >= 4 is 85.6 Å². The lowest BCUT2D eigenvalue weighted by molar-refractivity contribution is 1.18. The second-order valence-electron chi connectivity index (χ2n) is 14.7. The maximum Gasteiger partial charge on any atom is 0.0715 e. The third kappa shape index (κ3) is 4.65. The van der Waals surface area contributed by atoms with E-state index >= 15 is 0 Å². The molecule has 0 N–H and O–H groups in total. The summed E-state index contributed by atoms with van der Waals surface area (Å²) >= 11 is 1.91. The first-order chi connectivity index (χ1) is 27.8. The molecule has 0 saturated heterocycles. The molecule has 3 aromatic heterocycles. The van der Waals surface area contributed by atoms with Gasteiger partial charge in [-0.2, -0.15) is 0 Å². The fourth-order valence-electron chi connectivity index (χ4n) is 9.05. The Bertz CT molecular complexity index is 3490. The Balaban J connectivity index is 1.11. The molecule has 0 atom stereocenters. The predicted octanol–water partition coefficient (Wildman–Crippen LogP) is 15.0. The summed E-state index contributed by atoms with van der Waals surface area (Å²) in [5.41, 5.74) is 10.2. The van der Waals surface area contributed by atoms with E-state index in [1.165, 1.54) is 85.5 Å². The smallest absolute Gasteiger partial charge is 0.0715 e. The van der Waals surface area contributed by atoms with E-state index in [1.54, 1.807) is 0 Å². The van der Waals surface area contributed by atoms with Gasteiger partial charge in [-0.3, -0.25) is 0 Å². The van der Waals surface area contributed by atoms with Gasteiger partial charge in [-0.25, -0.2) is 4.98 Å². The van der Waals surface area contributed by atoms with Crippen molar-refractivity contribution in [1.29, 1.82) is 0 Å². The maximum absolute atomic E-state index is 5.38. The van der Waals surface area contributed by atoms with Crippen LogP contribution in [0.4, 0.5) is 0 Å². The largest absolute Gasteiger partial charge is 0.309 e. The van der Waals surface area contributed by atoms with E-state index in [4.69, 9.17) is 4.98 Å². The standard InChI is InChI=1S/C53H32N2S/c1-3-14-33(15-4-1)47-31-35(32-48(54-47)34-26-27-42-40-20-8-7-18-38(40)39-19-9-10-21-41(39)46(42)30-34)37-23-13-24-43-44-28-29-50-51(53(44)56-52(37)43)45-22-11-12-25-49(45)55(50)36-16-5-2-6-17-36/h1-32H. The molecular formula is C53H32N2S. The monoisotopic (exact) mass is 728 g/mol. The van der Waals surface area contributed by atoms with Crippen molar-refractivity contribution < 1.29 is 0 Å². The van der Waals surface area contributed by atoms with E-state index in [2.05, 4.69) is 199 Å². The zero-order valence-electron chi connectivity index (χ0n) is 30.3. The van der Waals surface area contributed by atoms with Crippen molar-refractivity contribution in [1.82, 2.24) is 9.55 Å². The summed E-state index contributed by atoms with van der Waals surface area (Å²) in [5, 5.41) is 12.8. The lowest BCUT2D eigenvalue weighted by Gasteiger charge is -2.14. The number of rotatable bonds is 4. The topological polar surface area (TPSA) is 17.8 Å². The van der Waals surface area contributed by atoms with Gasteiger partial charge in [0, 0.05) is 47.8 Å². The third-order valence-electron chi connectivity index (χ3n) is 11.6. The molecule has 2 nitrogen and oxygen atoms in total. The summed E-state index contributed by atoms with van der Waals surface area (Å²) in [6, 6.07) is 70.6. The van der Waals surface area contributed by atoms with E-state index < -0.39 is 0 Å². The number of nitrogens with zero attached hydrogens (tertiary/aromatic N) is 2. The highest BCUT2D eigenvalue weighted by Crippen LogP contribution is 2.47. The summed E-state index contributed by atoms with van der Waals surface area (Å²) in [4.78, 5) is 5.38. The third-order valence-corrected chi connectivity index (χ3v) is 12.8. The Morgan fingerprint density at radius 3 is 1.62 bits per heavy atom. The van der Waals surface area contributed by atoms with Gasteiger partial charge in [-0.1, -0.05) is 152 Å². The minimum Gasteiger partial charge on any atom is -0.309 e. The first kappa shape index (κ1) is 31.3. The number of hydrogen-bond donors (Lipinski definition) is 0. The van der Waals surface area contributed by atoms with Crippen molar-refractivity contribution in [3.8, 4) is 39.3 Å². The molecule has 9 aromatic carbocycles. The van der Waals surface area contributed by atoms with Crippen LogP contribution in [0, 0.1) is 0 Å². The molecule has 56 heavy (non-hydrogen) atoms. The van der Waals surface area contributed by atoms with Gasteiger partial charge in [-0.15, -0.1) is 11.3 Å². The summed E-state index contributed by atoms with van der Waals surface area (Å²) < 4.78 is 5.02. The number of benzene rings is 9. The van der Waals surface area contributed by atoms with Gasteiger partial charge in [0.25, 0.3) is 0 Å². The van der Waals surface area contributed by atoms with Crippen LogP contribution in [-0.2, 0) is 0 Å². The summed E-state index contributed by atoms with van der Waals surface area (Å²) in [5.74, 6) is 0. The highest BCUT2D eigenvalue weighted by Gasteiger charge is 2.20. The molecular weight excluding hydrogens is 697 g/mol. The Morgan fingerprint density at radius 2 is 0.893 bits per heavy atom. The van der Waals surface area contributed by atoms with Gasteiger partial charge >= 0.3 is 0 Å². The Morgan fingerprint density at radius 1 is 0.339 bits per heavy atom. The van der Waals surface area contributed by atoms with Crippen molar-refractivity contribution in [3.63, 3.8) is 0 Å². The zero-order valence-corrected chi connectivity index (χ0v) is 31.1. The van der Waals surface area contributed by atoms with Crippen LogP contribution in [0.1, 0.15) is 0 Å². The average molecular weight is 729 g/mol. The fraction of sp³-hybridized carbons (Fsp3) is 0. The Kier molecular flexibility index (Phi) is 6.83. The van der Waals surface area contributed by atoms with Crippen molar-refractivity contribution in [2.45, 2.75) is 0 Å². The molecule has 3 heterocycles. The van der Waals surface area contributed by atoms with Crippen LogP contribution >= 0.6 is 11.3 Å². The number of thiophene rings is 1. The molecule has 0 aliphatic heterocycles. The molecule has 0 spiro atoms. The lowest BCUT2D eigenvalue weighted by atomic mass is 9.92. The minimum atomic E-state index is 0.965. The second kappa shape index (κ2) is 12.2. The van der Waals surface area contributed by atoms with Crippen LogP contribution < -0.4 is 0 Å². The van der Waals surface area contributed by atoms with Crippen LogP contribution in [0.15, 0.2) is 194 Å². The molecule has 0 radical (unpaired) electrons. The van der Waals surface area contributed by atoms with Crippen molar-refractivity contribution in [2.24, 2.45) is 0 Å². The molecule has 0 aliphatic carbocycles. The van der Waals surface area contributed by atoms with Gasteiger partial charge in [0.1, 0.15) is 0 Å². The van der Waals surface area contributed by atoms with Gasteiger partial charge in [0.2, 0.25) is 0 Å². The molecule has 12 rings (SSSR count). The predicted molar refractivity (Wildman–Crippen MR) is 240 cm³/mol. The van der Waals surface area contributed by atoms with Crippen molar-refractivity contribution in [2.75, 3.05) is 0 Å². The second-order valence-corrected chi connectivity index (χ2v) is 15.7. The number of para-hydroxylation sites is 2. The minimum absolute atomic E-state index is 0.965. The zero-order chi connectivity index (χ0) is 36.7. The Labute approximate surface area is 327 Å². The maximum atomic E-state index is 5.38. The van der Waals surface area contributed by atoms with Crippen LogP contribution in [0.5, 0.6) is 0 Å². The molecule has 0 unspecified atom stereocenters. The summed E-state index contributed by atoms with van der Waals surface area (Å²) in [6.45, 7) is 0. The molecule has 3 heteroatoms. The highest BCUT2D eigenvalue weighted by molar-refractivity contribution is 7.27. The Hall–Kier alpha value is -7.07. The van der Waals surface area contributed by atoms with Crippen molar-refractivity contribution in [3.05, 3.63) is 194 Å². The normalized spacial score (nSPS) is 11.9. The summed E-state index contributed by atoms with van der Waals surface area (Å²) in [6.07, 6.45) is 0. The van der Waals surface area contributed by atoms with Gasteiger partial charge < -0.3 is 4.57 Å². The molecule has 0 aliphatic rings. The molecule has 12 aromatic rings. The summed E-state index contributed by atoms with van der Waals surface area (Å²) in [7, 11) is 0. The molecule has 0 saturated carbocycles. The average Bonchev–Trinajstić information content (AvgIpc) is 3.83. The quantitative estimate of drug-likeness (QED) is 0.165. The number of fused-ring (bicyclic) bond motifs is 13. The molecule has 0 amide bonds. The SMILES string of the molecule is c1ccc(-c2cc(-c3cccc4c3sc3c4ccc4c3c3ccccc3n4-c3ccccc3)cc(-c3ccc4c5ccccc5c5ccccc5c4c3)n2)cc1. The molecule has 260 valence electrons. The molecule has 0 fully saturated rings. The van der Waals surface area contributed by atoms with Gasteiger partial charge in [0.05, 0.1) is 22.4 Å². The number of hydrogen-bond acceptors (Lipinski definition) is 2. The van der Waals surface area contributed by atoms with Gasteiger partial charge in [-0.05, 0) is 85.9 Å². The number of aromatic nitrogens is 2. The van der Waals surface area contributed by atoms with Gasteiger partial charge in [0.15, 0.2) is 0 Å². The van der Waals surface area contributed by atoms with Crippen LogP contribution in [-0.4, -0.2) is 9.55 Å². The lowest BCUT2D eigenvalue weighted by Crippen LogP contribution is -1.92. The molecule has 0 bridgehead atoms. The van der Waals surface area contributed by atoms with E-state index in [0.717, 1.165) is 28.1 Å².